The van der Waals surface area contributed by atoms with E-state index in [0.717, 1.165) is 12.8 Å². The molecule has 0 aliphatic carbocycles. The fourth-order valence-corrected chi connectivity index (χ4v) is 4.17. The van der Waals surface area contributed by atoms with Crippen molar-refractivity contribution in [2.75, 3.05) is 13.2 Å². The smallest absolute Gasteiger partial charge is 0.332 e. The number of rotatable bonds is 7. The summed E-state index contributed by atoms with van der Waals surface area (Å²) in [5.74, 6) is 1.28. The third kappa shape index (κ3) is 4.07. The molecule has 0 amide bonds. The van der Waals surface area contributed by atoms with Crippen LogP contribution in [0.15, 0.2) is 62.6 Å². The van der Waals surface area contributed by atoms with Crippen LogP contribution < -0.4 is 16.0 Å². The number of ether oxygens (including phenoxy) is 2. The fraction of sp³-hybridized carbons (Fsp3) is 0.333. The largest absolute Gasteiger partial charge is 0.493 e. The monoisotopic (exact) mass is 448 g/mol. The maximum atomic E-state index is 13.4. The van der Waals surface area contributed by atoms with Gasteiger partial charge in [0.05, 0.1) is 35.7 Å². The Hall–Kier alpha value is -3.72. The molecule has 33 heavy (non-hydrogen) atoms. The van der Waals surface area contributed by atoms with Crippen molar-refractivity contribution in [3.8, 4) is 17.1 Å². The maximum Gasteiger partial charge on any atom is 0.332 e. The van der Waals surface area contributed by atoms with Gasteiger partial charge in [-0.25, -0.2) is 4.79 Å². The Morgan fingerprint density at radius 3 is 2.73 bits per heavy atom. The molecule has 170 valence electrons. The molecule has 3 heterocycles. The van der Waals surface area contributed by atoms with E-state index in [4.69, 9.17) is 14.0 Å². The lowest BCUT2D eigenvalue weighted by molar-refractivity contribution is 0.0948. The standard InChI is InChI=1S/C24H24N4O5/c1-2-31-20-12-6-4-10-18(20)22-25-21(33-26-22)15-27-19-11-5-3-9-17(19)23(29)28(24(27)30)14-16-8-7-13-32-16/h3-6,9-12,16H,2,7-8,13-15H2,1H3. The molecule has 1 saturated heterocycles. The Labute approximate surface area is 189 Å². The van der Waals surface area contributed by atoms with Crippen LogP contribution in [-0.4, -0.2) is 38.6 Å². The molecule has 2 aromatic heterocycles. The van der Waals surface area contributed by atoms with Crippen molar-refractivity contribution in [3.63, 3.8) is 0 Å². The number of para-hydroxylation sites is 2. The van der Waals surface area contributed by atoms with Gasteiger partial charge >= 0.3 is 5.69 Å². The summed E-state index contributed by atoms with van der Waals surface area (Å²) in [5.41, 5.74) is 0.475. The van der Waals surface area contributed by atoms with Gasteiger partial charge in [-0.2, -0.15) is 4.98 Å². The molecule has 0 radical (unpaired) electrons. The highest BCUT2D eigenvalue weighted by Crippen LogP contribution is 2.27. The van der Waals surface area contributed by atoms with Crippen LogP contribution in [0.25, 0.3) is 22.3 Å². The van der Waals surface area contributed by atoms with E-state index in [1.165, 1.54) is 9.13 Å². The summed E-state index contributed by atoms with van der Waals surface area (Å²) >= 11 is 0. The predicted molar refractivity (Wildman–Crippen MR) is 121 cm³/mol. The minimum Gasteiger partial charge on any atom is -0.493 e. The third-order valence-corrected chi connectivity index (χ3v) is 5.73. The minimum atomic E-state index is -0.427. The SMILES string of the molecule is CCOc1ccccc1-c1noc(Cn2c(=O)n(CC3CCCO3)c(=O)c3ccccc32)n1. The molecule has 0 bridgehead atoms. The number of fused-ring (bicyclic) bond motifs is 1. The zero-order valence-electron chi connectivity index (χ0n) is 18.3. The van der Waals surface area contributed by atoms with E-state index in [2.05, 4.69) is 10.1 Å². The molecule has 4 aromatic rings. The van der Waals surface area contributed by atoms with Gasteiger partial charge in [0, 0.05) is 6.61 Å². The van der Waals surface area contributed by atoms with Crippen molar-refractivity contribution in [1.29, 1.82) is 0 Å². The van der Waals surface area contributed by atoms with Crippen LogP contribution in [-0.2, 0) is 17.8 Å². The van der Waals surface area contributed by atoms with Gasteiger partial charge in [0.15, 0.2) is 0 Å². The van der Waals surface area contributed by atoms with Crippen molar-refractivity contribution in [3.05, 3.63) is 75.3 Å². The second-order valence-electron chi connectivity index (χ2n) is 7.88. The van der Waals surface area contributed by atoms with Crippen LogP contribution in [0.5, 0.6) is 5.75 Å². The summed E-state index contributed by atoms with van der Waals surface area (Å²) in [6.07, 6.45) is 1.61. The molecule has 1 fully saturated rings. The van der Waals surface area contributed by atoms with Crippen LogP contribution in [0.4, 0.5) is 0 Å². The lowest BCUT2D eigenvalue weighted by Gasteiger charge is -2.15. The summed E-state index contributed by atoms with van der Waals surface area (Å²) in [6, 6.07) is 14.5. The quantitative estimate of drug-likeness (QED) is 0.428. The van der Waals surface area contributed by atoms with Crippen LogP contribution >= 0.6 is 0 Å². The van der Waals surface area contributed by atoms with Crippen LogP contribution in [0.3, 0.4) is 0 Å². The van der Waals surface area contributed by atoms with Crippen molar-refractivity contribution in [2.45, 2.75) is 39.0 Å². The number of benzene rings is 2. The molecule has 1 atom stereocenters. The Balaban J connectivity index is 1.55. The van der Waals surface area contributed by atoms with Crippen molar-refractivity contribution < 1.29 is 14.0 Å². The molecular weight excluding hydrogens is 424 g/mol. The first kappa shape index (κ1) is 21.1. The Bertz CT molecular complexity index is 1400. The van der Waals surface area contributed by atoms with Crippen molar-refractivity contribution in [2.24, 2.45) is 0 Å². The van der Waals surface area contributed by atoms with Crippen molar-refractivity contribution in [1.82, 2.24) is 19.3 Å². The van der Waals surface area contributed by atoms with E-state index in [1.54, 1.807) is 24.3 Å². The van der Waals surface area contributed by atoms with E-state index < -0.39 is 5.69 Å². The first-order valence-corrected chi connectivity index (χ1v) is 11.0. The first-order chi connectivity index (χ1) is 16.2. The minimum absolute atomic E-state index is 0.0367. The van der Waals surface area contributed by atoms with E-state index >= 15 is 0 Å². The second-order valence-corrected chi connectivity index (χ2v) is 7.88. The number of hydrogen-bond donors (Lipinski definition) is 0. The van der Waals surface area contributed by atoms with Gasteiger partial charge in [-0.3, -0.25) is 13.9 Å². The zero-order valence-corrected chi connectivity index (χ0v) is 18.3. The lowest BCUT2D eigenvalue weighted by Crippen LogP contribution is -2.42. The summed E-state index contributed by atoms with van der Waals surface area (Å²) < 4.78 is 19.5. The molecule has 9 nitrogen and oxygen atoms in total. The molecule has 5 rings (SSSR count). The maximum absolute atomic E-state index is 13.4. The lowest BCUT2D eigenvalue weighted by atomic mass is 10.2. The summed E-state index contributed by atoms with van der Waals surface area (Å²) in [7, 11) is 0. The summed E-state index contributed by atoms with van der Waals surface area (Å²) in [4.78, 5) is 30.9. The van der Waals surface area contributed by atoms with Crippen LogP contribution in [0.2, 0.25) is 0 Å². The van der Waals surface area contributed by atoms with Crippen LogP contribution in [0.1, 0.15) is 25.7 Å². The van der Waals surface area contributed by atoms with Gasteiger partial charge in [-0.15, -0.1) is 0 Å². The number of aromatic nitrogens is 4. The van der Waals surface area contributed by atoms with E-state index in [-0.39, 0.29) is 30.6 Å². The average Bonchev–Trinajstić information content (AvgIpc) is 3.52. The fourth-order valence-electron chi connectivity index (χ4n) is 4.17. The summed E-state index contributed by atoms with van der Waals surface area (Å²) in [6.45, 7) is 3.32. The predicted octanol–water partition coefficient (Wildman–Crippen LogP) is 2.84. The molecular formula is C24H24N4O5. The average molecular weight is 448 g/mol. The Morgan fingerprint density at radius 1 is 1.09 bits per heavy atom. The molecule has 2 aromatic carbocycles. The second kappa shape index (κ2) is 9.03. The molecule has 0 spiro atoms. The molecule has 1 aliphatic rings. The van der Waals surface area contributed by atoms with E-state index in [1.807, 2.05) is 31.2 Å². The topological polar surface area (TPSA) is 101 Å². The van der Waals surface area contributed by atoms with E-state index in [0.29, 0.717) is 41.3 Å². The molecule has 9 heteroatoms. The molecule has 0 N–H and O–H groups in total. The molecule has 1 unspecified atom stereocenters. The molecule has 0 saturated carbocycles. The van der Waals surface area contributed by atoms with Crippen molar-refractivity contribution >= 4 is 10.9 Å². The first-order valence-electron chi connectivity index (χ1n) is 11.0. The highest BCUT2D eigenvalue weighted by Gasteiger charge is 2.22. The number of nitrogens with zero attached hydrogens (tertiary/aromatic N) is 4. The van der Waals surface area contributed by atoms with Crippen LogP contribution in [0, 0.1) is 0 Å². The number of hydrogen-bond acceptors (Lipinski definition) is 7. The summed E-state index contributed by atoms with van der Waals surface area (Å²) in [5, 5.41) is 4.54. The zero-order chi connectivity index (χ0) is 22.8. The van der Waals surface area contributed by atoms with Gasteiger partial charge in [-0.1, -0.05) is 29.4 Å². The van der Waals surface area contributed by atoms with E-state index in [9.17, 15) is 9.59 Å². The normalized spacial score (nSPS) is 15.8. The highest BCUT2D eigenvalue weighted by molar-refractivity contribution is 5.77. The van der Waals surface area contributed by atoms with Gasteiger partial charge in [0.2, 0.25) is 11.7 Å². The Morgan fingerprint density at radius 2 is 1.91 bits per heavy atom. The van der Waals surface area contributed by atoms with Gasteiger partial charge < -0.3 is 14.0 Å². The van der Waals surface area contributed by atoms with Gasteiger partial charge in [0.1, 0.15) is 12.3 Å². The Kier molecular flexibility index (Phi) is 5.78. The third-order valence-electron chi connectivity index (χ3n) is 5.73. The van der Waals surface area contributed by atoms with Gasteiger partial charge in [-0.05, 0) is 44.0 Å². The highest BCUT2D eigenvalue weighted by atomic mass is 16.5. The van der Waals surface area contributed by atoms with Gasteiger partial charge in [0.25, 0.3) is 5.56 Å². The molecule has 1 aliphatic heterocycles.